The van der Waals surface area contributed by atoms with Gasteiger partial charge in [0.15, 0.2) is 5.82 Å². The highest BCUT2D eigenvalue weighted by atomic mass is 19.1. The van der Waals surface area contributed by atoms with Crippen molar-refractivity contribution in [1.82, 2.24) is 9.80 Å². The zero-order chi connectivity index (χ0) is 13.1. The Morgan fingerprint density at radius 1 is 1.33 bits per heavy atom. The number of nitrogens with zero attached hydrogens (tertiary/aromatic N) is 2. The van der Waals surface area contributed by atoms with Gasteiger partial charge in [-0.05, 0) is 6.07 Å². The summed E-state index contributed by atoms with van der Waals surface area (Å²) < 4.78 is 13.7. The van der Waals surface area contributed by atoms with Gasteiger partial charge in [-0.2, -0.15) is 0 Å². The van der Waals surface area contributed by atoms with E-state index >= 15 is 0 Å². The van der Waals surface area contributed by atoms with Gasteiger partial charge in [-0.25, -0.2) is 4.39 Å². The molecule has 2 rings (SSSR count). The summed E-state index contributed by atoms with van der Waals surface area (Å²) in [5.41, 5.74) is 6.35. The molecule has 1 aliphatic rings. The number of hydrogen-bond acceptors (Lipinski definition) is 3. The highest BCUT2D eigenvalue weighted by Crippen LogP contribution is 2.17. The van der Waals surface area contributed by atoms with Crippen LogP contribution >= 0.6 is 0 Å². The van der Waals surface area contributed by atoms with E-state index in [0.29, 0.717) is 25.2 Å². The summed E-state index contributed by atoms with van der Waals surface area (Å²) in [5.74, 6) is -0.226. The van der Waals surface area contributed by atoms with Gasteiger partial charge in [-0.1, -0.05) is 12.1 Å². The molecule has 0 aromatic heterocycles. The summed E-state index contributed by atoms with van der Waals surface area (Å²) in [6.45, 7) is 5.08. The van der Waals surface area contributed by atoms with Crippen molar-refractivity contribution in [3.63, 3.8) is 0 Å². The highest BCUT2D eigenvalue weighted by Gasteiger charge is 2.19. The Kier molecular flexibility index (Phi) is 3.81. The van der Waals surface area contributed by atoms with Gasteiger partial charge in [-0.3, -0.25) is 9.69 Å². The molecule has 1 saturated heterocycles. The average Bonchev–Trinajstić information content (AvgIpc) is 2.36. The lowest BCUT2D eigenvalue weighted by Crippen LogP contribution is -2.47. The summed E-state index contributed by atoms with van der Waals surface area (Å²) in [4.78, 5) is 15.1. The van der Waals surface area contributed by atoms with E-state index in [-0.39, 0.29) is 17.4 Å². The van der Waals surface area contributed by atoms with E-state index in [9.17, 15) is 9.18 Å². The number of carbonyl (C=O) groups is 1. The number of benzene rings is 1. The molecule has 1 aromatic carbocycles. The van der Waals surface area contributed by atoms with E-state index < -0.39 is 0 Å². The summed E-state index contributed by atoms with van der Waals surface area (Å²) in [5, 5.41) is 0. The van der Waals surface area contributed by atoms with Gasteiger partial charge < -0.3 is 10.6 Å². The van der Waals surface area contributed by atoms with Gasteiger partial charge in [0.2, 0.25) is 5.91 Å². The fourth-order valence-corrected chi connectivity index (χ4v) is 2.18. The van der Waals surface area contributed by atoms with E-state index in [1.807, 2.05) is 4.90 Å². The van der Waals surface area contributed by atoms with Crippen LogP contribution in [0.2, 0.25) is 0 Å². The lowest BCUT2D eigenvalue weighted by Gasteiger charge is -2.34. The Morgan fingerprint density at radius 3 is 2.61 bits per heavy atom. The molecule has 1 aromatic rings. The van der Waals surface area contributed by atoms with Crippen LogP contribution in [0.25, 0.3) is 0 Å². The molecule has 1 aliphatic heterocycles. The predicted octanol–water partition coefficient (Wildman–Crippen LogP) is 1.07. The van der Waals surface area contributed by atoms with Crippen molar-refractivity contribution in [2.45, 2.75) is 13.5 Å². The zero-order valence-corrected chi connectivity index (χ0v) is 10.5. The molecular weight excluding hydrogens is 233 g/mol. The third-order valence-electron chi connectivity index (χ3n) is 3.32. The van der Waals surface area contributed by atoms with Crippen LogP contribution in [0.1, 0.15) is 12.5 Å². The first-order chi connectivity index (χ1) is 8.58. The summed E-state index contributed by atoms with van der Waals surface area (Å²) in [7, 11) is 0. The van der Waals surface area contributed by atoms with Crippen molar-refractivity contribution >= 4 is 11.6 Å². The molecule has 0 radical (unpaired) electrons. The molecule has 0 atom stereocenters. The van der Waals surface area contributed by atoms with Gasteiger partial charge in [0.05, 0.1) is 5.69 Å². The minimum Gasteiger partial charge on any atom is -0.396 e. The fraction of sp³-hybridized carbons (Fsp3) is 0.462. The van der Waals surface area contributed by atoms with Crippen LogP contribution in [0.3, 0.4) is 0 Å². The van der Waals surface area contributed by atoms with Crippen molar-refractivity contribution in [2.75, 3.05) is 31.9 Å². The van der Waals surface area contributed by atoms with Crippen LogP contribution in [0.15, 0.2) is 18.2 Å². The molecular formula is C13H18FN3O. The number of rotatable bonds is 2. The second-order valence-corrected chi connectivity index (χ2v) is 4.60. The lowest BCUT2D eigenvalue weighted by molar-refractivity contribution is -0.130. The van der Waals surface area contributed by atoms with Crippen molar-refractivity contribution < 1.29 is 9.18 Å². The molecule has 2 N–H and O–H groups in total. The second-order valence-electron chi connectivity index (χ2n) is 4.60. The smallest absolute Gasteiger partial charge is 0.219 e. The summed E-state index contributed by atoms with van der Waals surface area (Å²) >= 11 is 0. The normalized spacial score (nSPS) is 16.9. The Bertz CT molecular complexity index is 442. The number of amides is 1. The van der Waals surface area contributed by atoms with Crippen molar-refractivity contribution in [1.29, 1.82) is 0 Å². The average molecular weight is 251 g/mol. The molecule has 0 bridgehead atoms. The van der Waals surface area contributed by atoms with Crippen molar-refractivity contribution in [3.8, 4) is 0 Å². The van der Waals surface area contributed by atoms with E-state index in [0.717, 1.165) is 13.1 Å². The van der Waals surface area contributed by atoms with Crippen molar-refractivity contribution in [2.24, 2.45) is 0 Å². The Labute approximate surface area is 106 Å². The molecule has 0 spiro atoms. The predicted molar refractivity (Wildman–Crippen MR) is 68.3 cm³/mol. The summed E-state index contributed by atoms with van der Waals surface area (Å²) in [6, 6.07) is 5.08. The molecule has 0 saturated carbocycles. The van der Waals surface area contributed by atoms with Crippen LogP contribution in [-0.2, 0) is 11.3 Å². The van der Waals surface area contributed by atoms with E-state index in [2.05, 4.69) is 4.90 Å². The van der Waals surface area contributed by atoms with Gasteiger partial charge >= 0.3 is 0 Å². The quantitative estimate of drug-likeness (QED) is 0.800. The third kappa shape index (κ3) is 2.79. The van der Waals surface area contributed by atoms with Crippen LogP contribution in [0.5, 0.6) is 0 Å². The molecule has 5 heteroatoms. The first kappa shape index (κ1) is 12.8. The summed E-state index contributed by atoms with van der Waals surface area (Å²) in [6.07, 6.45) is 0. The molecule has 1 fully saturated rings. The Morgan fingerprint density at radius 2 is 2.00 bits per heavy atom. The maximum absolute atomic E-state index is 13.7. The number of halogens is 1. The molecule has 0 aliphatic carbocycles. The maximum Gasteiger partial charge on any atom is 0.219 e. The molecule has 1 heterocycles. The monoisotopic (exact) mass is 251 g/mol. The largest absolute Gasteiger partial charge is 0.396 e. The molecule has 0 unspecified atom stereocenters. The molecule has 4 nitrogen and oxygen atoms in total. The number of hydrogen-bond donors (Lipinski definition) is 1. The number of carbonyl (C=O) groups excluding carboxylic acids is 1. The number of piperazine rings is 1. The van der Waals surface area contributed by atoms with Gasteiger partial charge in [0, 0.05) is 45.2 Å². The third-order valence-corrected chi connectivity index (χ3v) is 3.32. The first-order valence-corrected chi connectivity index (χ1v) is 6.08. The van der Waals surface area contributed by atoms with E-state index in [1.165, 1.54) is 0 Å². The van der Waals surface area contributed by atoms with Crippen LogP contribution in [0, 0.1) is 5.82 Å². The van der Waals surface area contributed by atoms with E-state index in [4.69, 9.17) is 5.73 Å². The van der Waals surface area contributed by atoms with Crippen LogP contribution in [-0.4, -0.2) is 41.9 Å². The highest BCUT2D eigenvalue weighted by molar-refractivity contribution is 5.73. The van der Waals surface area contributed by atoms with Crippen LogP contribution in [0.4, 0.5) is 10.1 Å². The number of nitrogens with two attached hydrogens (primary N) is 1. The minimum absolute atomic E-state index is 0.102. The first-order valence-electron chi connectivity index (χ1n) is 6.08. The number of nitrogen functional groups attached to an aromatic ring is 1. The second kappa shape index (κ2) is 5.35. The number of anilines is 1. The standard InChI is InChI=1S/C13H18FN3O/c1-10(18)17-7-5-16(6-8-17)9-11-3-2-4-12(15)13(11)14/h2-4H,5-9,15H2,1H3. The van der Waals surface area contributed by atoms with Gasteiger partial charge in [-0.15, -0.1) is 0 Å². The van der Waals surface area contributed by atoms with Crippen molar-refractivity contribution in [3.05, 3.63) is 29.6 Å². The van der Waals surface area contributed by atoms with E-state index in [1.54, 1.807) is 25.1 Å². The minimum atomic E-state index is -0.327. The molecule has 1 amide bonds. The fourth-order valence-electron chi connectivity index (χ4n) is 2.18. The Hall–Kier alpha value is -1.62. The maximum atomic E-state index is 13.7. The Balaban J connectivity index is 1.96. The molecule has 18 heavy (non-hydrogen) atoms. The SMILES string of the molecule is CC(=O)N1CCN(Cc2cccc(N)c2F)CC1. The lowest BCUT2D eigenvalue weighted by atomic mass is 10.1. The zero-order valence-electron chi connectivity index (χ0n) is 10.5. The molecule has 98 valence electrons. The topological polar surface area (TPSA) is 49.6 Å². The van der Waals surface area contributed by atoms with Crippen LogP contribution < -0.4 is 5.73 Å². The van der Waals surface area contributed by atoms with Gasteiger partial charge in [0.1, 0.15) is 0 Å². The van der Waals surface area contributed by atoms with Gasteiger partial charge in [0.25, 0.3) is 0 Å².